The van der Waals surface area contributed by atoms with Crippen LogP contribution in [0, 0.1) is 0 Å². The molecule has 2 N–H and O–H groups in total. The van der Waals surface area contributed by atoms with Crippen molar-refractivity contribution in [2.75, 3.05) is 0 Å². The molecule has 0 saturated carbocycles. The monoisotopic (exact) mass is 238 g/mol. The summed E-state index contributed by atoms with van der Waals surface area (Å²) >= 11 is 0. The Morgan fingerprint density at radius 3 is 2.24 bits per heavy atom. The lowest BCUT2D eigenvalue weighted by Gasteiger charge is -2.35. The van der Waals surface area contributed by atoms with Crippen LogP contribution in [0.2, 0.25) is 0 Å². The summed E-state index contributed by atoms with van der Waals surface area (Å²) in [5.74, 6) is 0.0505. The Bertz CT molecular complexity index is 340. The second-order valence-electron chi connectivity index (χ2n) is 6.04. The average molecular weight is 238 g/mol. The zero-order chi connectivity index (χ0) is 13.3. The summed E-state index contributed by atoms with van der Waals surface area (Å²) in [5.41, 5.74) is 1.67. The van der Waals surface area contributed by atoms with Gasteiger partial charge < -0.3 is 5.32 Å². The first-order valence-corrected chi connectivity index (χ1v) is 6.51. The van der Waals surface area contributed by atoms with E-state index in [9.17, 15) is 4.79 Å². The van der Waals surface area contributed by atoms with Crippen LogP contribution in [-0.2, 0) is 4.79 Å². The van der Waals surface area contributed by atoms with Crippen LogP contribution in [0.25, 0.3) is 0 Å². The molecule has 0 aromatic carbocycles. The molecule has 0 fully saturated rings. The molecule has 0 radical (unpaired) electrons. The molecular weight excluding hydrogens is 212 g/mol. The lowest BCUT2D eigenvalue weighted by Crippen LogP contribution is -2.57. The van der Waals surface area contributed by atoms with E-state index in [4.69, 9.17) is 0 Å². The van der Waals surface area contributed by atoms with Gasteiger partial charge in [-0.1, -0.05) is 13.3 Å². The Balaban J connectivity index is 3.07. The number of amides is 1. The Morgan fingerprint density at radius 1 is 1.12 bits per heavy atom. The van der Waals surface area contributed by atoms with Gasteiger partial charge in [-0.2, -0.15) is 0 Å². The lowest BCUT2D eigenvalue weighted by atomic mass is 9.87. The van der Waals surface area contributed by atoms with Crippen molar-refractivity contribution in [1.82, 2.24) is 10.6 Å². The van der Waals surface area contributed by atoms with Crippen LogP contribution in [0.5, 0.6) is 0 Å². The number of carbonyl (C=O) groups excluding carboxylic acids is 1. The van der Waals surface area contributed by atoms with Crippen molar-refractivity contribution < 1.29 is 4.79 Å². The van der Waals surface area contributed by atoms with E-state index < -0.39 is 5.54 Å². The fourth-order valence-electron chi connectivity index (χ4n) is 2.64. The van der Waals surface area contributed by atoms with E-state index in [0.717, 1.165) is 18.5 Å². The molecule has 1 rings (SSSR count). The molecule has 0 saturated heterocycles. The minimum atomic E-state index is -0.529. The molecule has 1 aliphatic rings. The van der Waals surface area contributed by atoms with E-state index in [2.05, 4.69) is 31.4 Å². The minimum absolute atomic E-state index is 0.0505. The summed E-state index contributed by atoms with van der Waals surface area (Å²) < 4.78 is 0. The van der Waals surface area contributed by atoms with E-state index in [1.165, 1.54) is 12.0 Å². The van der Waals surface area contributed by atoms with Crippen LogP contribution >= 0.6 is 0 Å². The molecule has 3 nitrogen and oxygen atoms in total. The average Bonchev–Trinajstić information content (AvgIpc) is 2.19. The number of unbranched alkanes of at least 4 members (excludes halogenated alkanes) is 1. The number of carbonyl (C=O) groups is 1. The summed E-state index contributed by atoms with van der Waals surface area (Å²) in [5, 5.41) is 6.49. The normalized spacial score (nSPS) is 23.3. The van der Waals surface area contributed by atoms with E-state index >= 15 is 0 Å². The molecule has 0 unspecified atom stereocenters. The highest BCUT2D eigenvalue weighted by atomic mass is 16.2. The highest BCUT2D eigenvalue weighted by Crippen LogP contribution is 2.29. The molecule has 0 aromatic rings. The Hall–Kier alpha value is -0.830. The zero-order valence-electron chi connectivity index (χ0n) is 12.0. The van der Waals surface area contributed by atoms with Gasteiger partial charge in [-0.05, 0) is 53.0 Å². The van der Waals surface area contributed by atoms with Gasteiger partial charge in [0.15, 0.2) is 0 Å². The van der Waals surface area contributed by atoms with Crippen molar-refractivity contribution in [2.24, 2.45) is 0 Å². The second kappa shape index (κ2) is 4.81. The Kier molecular flexibility index (Phi) is 4.03. The van der Waals surface area contributed by atoms with Crippen molar-refractivity contribution in [3.8, 4) is 0 Å². The highest BCUT2D eigenvalue weighted by molar-refractivity contribution is 5.87. The standard InChI is InChI=1S/C14H26N2O/c1-7-8-9-11-10(2)15-12(17)14(5,6)16-13(11,3)4/h16H,7-9H2,1-6H3,(H,15,17). The van der Waals surface area contributed by atoms with Crippen molar-refractivity contribution in [3.63, 3.8) is 0 Å². The molecule has 0 bridgehead atoms. The van der Waals surface area contributed by atoms with Crippen LogP contribution in [-0.4, -0.2) is 17.0 Å². The maximum absolute atomic E-state index is 12.0. The number of allylic oxidation sites excluding steroid dienone is 1. The summed E-state index contributed by atoms with van der Waals surface area (Å²) in [6.45, 7) is 12.4. The van der Waals surface area contributed by atoms with Gasteiger partial charge in [-0.25, -0.2) is 0 Å². The molecule has 1 aliphatic heterocycles. The van der Waals surface area contributed by atoms with Crippen LogP contribution in [0.3, 0.4) is 0 Å². The molecule has 3 heteroatoms. The fraction of sp³-hybridized carbons (Fsp3) is 0.786. The molecule has 1 amide bonds. The maximum atomic E-state index is 12.0. The number of rotatable bonds is 3. The van der Waals surface area contributed by atoms with E-state index in [1.807, 2.05) is 20.8 Å². The summed E-state index contributed by atoms with van der Waals surface area (Å²) in [4.78, 5) is 12.0. The molecule has 98 valence electrons. The second-order valence-corrected chi connectivity index (χ2v) is 6.04. The van der Waals surface area contributed by atoms with Crippen molar-refractivity contribution in [1.29, 1.82) is 0 Å². The van der Waals surface area contributed by atoms with Gasteiger partial charge in [-0.3, -0.25) is 10.1 Å². The number of nitrogens with one attached hydrogen (secondary N) is 2. The molecule has 17 heavy (non-hydrogen) atoms. The lowest BCUT2D eigenvalue weighted by molar-refractivity contribution is -0.125. The van der Waals surface area contributed by atoms with Crippen molar-refractivity contribution in [3.05, 3.63) is 11.3 Å². The SMILES string of the molecule is CCCCC1=C(C)NC(=O)C(C)(C)NC1(C)C. The third-order valence-corrected chi connectivity index (χ3v) is 3.48. The largest absolute Gasteiger partial charge is 0.328 e. The number of hydrogen-bond donors (Lipinski definition) is 2. The van der Waals surface area contributed by atoms with Crippen LogP contribution < -0.4 is 10.6 Å². The first kappa shape index (κ1) is 14.2. The van der Waals surface area contributed by atoms with Crippen LogP contribution in [0.15, 0.2) is 11.3 Å². The smallest absolute Gasteiger partial charge is 0.243 e. The van der Waals surface area contributed by atoms with E-state index in [-0.39, 0.29) is 11.4 Å². The van der Waals surface area contributed by atoms with Gasteiger partial charge in [0.25, 0.3) is 0 Å². The van der Waals surface area contributed by atoms with Crippen molar-refractivity contribution >= 4 is 5.91 Å². The van der Waals surface area contributed by atoms with Crippen LogP contribution in [0.4, 0.5) is 0 Å². The van der Waals surface area contributed by atoms with Crippen LogP contribution in [0.1, 0.15) is 60.8 Å². The molecular formula is C14H26N2O. The summed E-state index contributed by atoms with van der Waals surface area (Å²) in [6.07, 6.45) is 3.37. The van der Waals surface area contributed by atoms with Crippen molar-refractivity contribution in [2.45, 2.75) is 71.9 Å². The van der Waals surface area contributed by atoms with Gasteiger partial charge in [-0.15, -0.1) is 0 Å². The molecule has 0 spiro atoms. The summed E-state index contributed by atoms with van der Waals surface area (Å²) in [6, 6.07) is 0. The molecule has 0 aromatic heterocycles. The predicted octanol–water partition coefficient (Wildman–Crippen LogP) is 2.73. The molecule has 0 atom stereocenters. The predicted molar refractivity (Wildman–Crippen MR) is 71.7 cm³/mol. The fourth-order valence-corrected chi connectivity index (χ4v) is 2.64. The van der Waals surface area contributed by atoms with Gasteiger partial charge >= 0.3 is 0 Å². The highest BCUT2D eigenvalue weighted by Gasteiger charge is 2.39. The summed E-state index contributed by atoms with van der Waals surface area (Å²) in [7, 11) is 0. The third kappa shape index (κ3) is 3.09. The van der Waals surface area contributed by atoms with E-state index in [1.54, 1.807) is 0 Å². The topological polar surface area (TPSA) is 41.1 Å². The molecule has 0 aliphatic carbocycles. The zero-order valence-corrected chi connectivity index (χ0v) is 12.0. The Morgan fingerprint density at radius 2 is 1.71 bits per heavy atom. The van der Waals surface area contributed by atoms with Gasteiger partial charge in [0.05, 0.1) is 5.54 Å². The van der Waals surface area contributed by atoms with Gasteiger partial charge in [0.2, 0.25) is 5.91 Å². The third-order valence-electron chi connectivity index (χ3n) is 3.48. The van der Waals surface area contributed by atoms with E-state index in [0.29, 0.717) is 0 Å². The molecule has 1 heterocycles. The first-order valence-electron chi connectivity index (χ1n) is 6.51. The first-order chi connectivity index (χ1) is 7.70. The maximum Gasteiger partial charge on any atom is 0.243 e. The quantitative estimate of drug-likeness (QED) is 0.793. The number of hydrogen-bond acceptors (Lipinski definition) is 2. The van der Waals surface area contributed by atoms with Gasteiger partial charge in [0.1, 0.15) is 0 Å². The minimum Gasteiger partial charge on any atom is -0.328 e. The Labute approximate surface area is 105 Å². The van der Waals surface area contributed by atoms with Gasteiger partial charge in [0, 0.05) is 11.2 Å².